The highest BCUT2D eigenvalue weighted by Crippen LogP contribution is 2.28. The van der Waals surface area contributed by atoms with E-state index in [1.165, 1.54) is 5.56 Å². The highest BCUT2D eigenvalue weighted by atomic mass is 15.1. The molecule has 1 fully saturated rings. The number of pyridine rings is 1. The van der Waals surface area contributed by atoms with Gasteiger partial charge in [0.05, 0.1) is 0 Å². The molecule has 0 aromatic carbocycles. The molecule has 2 rings (SSSR count). The lowest BCUT2D eigenvalue weighted by atomic mass is 9.79. The molecule has 2 heterocycles. The van der Waals surface area contributed by atoms with E-state index < -0.39 is 0 Å². The van der Waals surface area contributed by atoms with Crippen molar-refractivity contribution in [1.82, 2.24) is 9.88 Å². The molecule has 0 spiro atoms. The molecule has 1 aromatic rings. The summed E-state index contributed by atoms with van der Waals surface area (Å²) in [6.45, 7) is 7.67. The van der Waals surface area contributed by atoms with E-state index in [9.17, 15) is 0 Å². The van der Waals surface area contributed by atoms with Gasteiger partial charge < -0.3 is 5.73 Å². The van der Waals surface area contributed by atoms with Crippen molar-refractivity contribution in [1.29, 1.82) is 0 Å². The standard InChI is InChI=1S/C13H21N3/c1-13(2)10-16(7-5-12(13)14)9-11-4-3-6-15-8-11/h3-4,6,8,12H,5,7,9-10,14H2,1-2H3. The number of hydrogen-bond acceptors (Lipinski definition) is 3. The van der Waals surface area contributed by atoms with Crippen LogP contribution >= 0.6 is 0 Å². The number of rotatable bonds is 2. The van der Waals surface area contributed by atoms with Crippen LogP contribution in [-0.2, 0) is 6.54 Å². The Morgan fingerprint density at radius 2 is 2.38 bits per heavy atom. The first kappa shape index (κ1) is 11.6. The summed E-state index contributed by atoms with van der Waals surface area (Å²) in [5.41, 5.74) is 7.64. The first-order chi connectivity index (χ1) is 7.58. The molecule has 2 N–H and O–H groups in total. The van der Waals surface area contributed by atoms with E-state index in [4.69, 9.17) is 5.73 Å². The Morgan fingerprint density at radius 1 is 1.56 bits per heavy atom. The van der Waals surface area contributed by atoms with Gasteiger partial charge in [-0.05, 0) is 23.5 Å². The number of likely N-dealkylation sites (tertiary alicyclic amines) is 1. The number of aromatic nitrogens is 1. The van der Waals surface area contributed by atoms with Crippen LogP contribution in [0.15, 0.2) is 24.5 Å². The van der Waals surface area contributed by atoms with E-state index in [-0.39, 0.29) is 5.41 Å². The Labute approximate surface area is 97.7 Å². The first-order valence-corrected chi connectivity index (χ1v) is 5.95. The molecule has 3 heteroatoms. The van der Waals surface area contributed by atoms with Crippen molar-refractivity contribution in [3.8, 4) is 0 Å². The highest BCUT2D eigenvalue weighted by Gasteiger charge is 2.33. The second-order valence-corrected chi connectivity index (χ2v) is 5.46. The molecule has 1 aromatic heterocycles. The average Bonchev–Trinajstić information content (AvgIpc) is 2.25. The average molecular weight is 219 g/mol. The minimum atomic E-state index is 0.223. The molecule has 1 unspecified atom stereocenters. The zero-order valence-electron chi connectivity index (χ0n) is 10.2. The fourth-order valence-corrected chi connectivity index (χ4v) is 2.37. The molecule has 88 valence electrons. The van der Waals surface area contributed by atoms with Crippen LogP contribution in [0.2, 0.25) is 0 Å². The Kier molecular flexibility index (Phi) is 3.26. The Hall–Kier alpha value is -0.930. The van der Waals surface area contributed by atoms with Gasteiger partial charge in [0.25, 0.3) is 0 Å². The Morgan fingerprint density at radius 3 is 3.00 bits per heavy atom. The molecule has 1 atom stereocenters. The summed E-state index contributed by atoms with van der Waals surface area (Å²) in [7, 11) is 0. The smallest absolute Gasteiger partial charge is 0.0312 e. The van der Waals surface area contributed by atoms with Crippen LogP contribution in [-0.4, -0.2) is 29.0 Å². The van der Waals surface area contributed by atoms with Gasteiger partial charge in [-0.3, -0.25) is 9.88 Å². The SMILES string of the molecule is CC1(C)CN(Cc2cccnc2)CCC1N. The quantitative estimate of drug-likeness (QED) is 0.822. The molecule has 0 radical (unpaired) electrons. The number of nitrogens with zero attached hydrogens (tertiary/aromatic N) is 2. The van der Waals surface area contributed by atoms with E-state index in [1.54, 1.807) is 0 Å². The summed E-state index contributed by atoms with van der Waals surface area (Å²) in [6, 6.07) is 4.46. The summed E-state index contributed by atoms with van der Waals surface area (Å²) in [4.78, 5) is 6.62. The molecule has 0 aliphatic carbocycles. The molecule has 1 saturated heterocycles. The van der Waals surface area contributed by atoms with Gasteiger partial charge in [0.1, 0.15) is 0 Å². The Bertz CT molecular complexity index is 334. The van der Waals surface area contributed by atoms with Crippen molar-refractivity contribution in [3.05, 3.63) is 30.1 Å². The van der Waals surface area contributed by atoms with Crippen molar-refractivity contribution >= 4 is 0 Å². The first-order valence-electron chi connectivity index (χ1n) is 5.95. The number of piperidine rings is 1. The highest BCUT2D eigenvalue weighted by molar-refractivity contribution is 5.08. The van der Waals surface area contributed by atoms with Gasteiger partial charge in [0, 0.05) is 38.1 Å². The van der Waals surface area contributed by atoms with E-state index in [0.29, 0.717) is 6.04 Å². The third kappa shape index (κ3) is 2.60. The molecular weight excluding hydrogens is 198 g/mol. The van der Waals surface area contributed by atoms with Crippen LogP contribution < -0.4 is 5.73 Å². The topological polar surface area (TPSA) is 42.2 Å². The largest absolute Gasteiger partial charge is 0.327 e. The monoisotopic (exact) mass is 219 g/mol. The fourth-order valence-electron chi connectivity index (χ4n) is 2.37. The fraction of sp³-hybridized carbons (Fsp3) is 0.615. The summed E-state index contributed by atoms with van der Waals surface area (Å²) < 4.78 is 0. The van der Waals surface area contributed by atoms with Crippen molar-refractivity contribution < 1.29 is 0 Å². The van der Waals surface area contributed by atoms with E-state index in [2.05, 4.69) is 29.8 Å². The van der Waals surface area contributed by atoms with Crippen molar-refractivity contribution in [2.75, 3.05) is 13.1 Å². The van der Waals surface area contributed by atoms with Gasteiger partial charge in [-0.1, -0.05) is 19.9 Å². The van der Waals surface area contributed by atoms with Crippen molar-refractivity contribution in [2.24, 2.45) is 11.1 Å². The van der Waals surface area contributed by atoms with E-state index in [0.717, 1.165) is 26.1 Å². The summed E-state index contributed by atoms with van der Waals surface area (Å²) in [5, 5.41) is 0. The van der Waals surface area contributed by atoms with Gasteiger partial charge in [-0.15, -0.1) is 0 Å². The third-order valence-corrected chi connectivity index (χ3v) is 3.52. The molecule has 0 saturated carbocycles. The van der Waals surface area contributed by atoms with Gasteiger partial charge in [0.2, 0.25) is 0 Å². The minimum Gasteiger partial charge on any atom is -0.327 e. The lowest BCUT2D eigenvalue weighted by Crippen LogP contribution is -2.52. The molecule has 1 aliphatic heterocycles. The van der Waals surface area contributed by atoms with Gasteiger partial charge in [0.15, 0.2) is 0 Å². The summed E-state index contributed by atoms with van der Waals surface area (Å²) in [5.74, 6) is 0. The van der Waals surface area contributed by atoms with Crippen LogP contribution in [0, 0.1) is 5.41 Å². The predicted octanol–water partition coefficient (Wildman–Crippen LogP) is 1.64. The second kappa shape index (κ2) is 4.52. The molecule has 3 nitrogen and oxygen atoms in total. The third-order valence-electron chi connectivity index (χ3n) is 3.52. The normalized spacial score (nSPS) is 25.6. The number of nitrogens with two attached hydrogens (primary N) is 1. The van der Waals surface area contributed by atoms with Crippen molar-refractivity contribution in [3.63, 3.8) is 0 Å². The molecular formula is C13H21N3. The maximum atomic E-state index is 6.13. The van der Waals surface area contributed by atoms with Crippen LogP contribution in [0.4, 0.5) is 0 Å². The van der Waals surface area contributed by atoms with Crippen LogP contribution in [0.5, 0.6) is 0 Å². The molecule has 0 amide bonds. The summed E-state index contributed by atoms with van der Waals surface area (Å²) >= 11 is 0. The lowest BCUT2D eigenvalue weighted by Gasteiger charge is -2.42. The van der Waals surface area contributed by atoms with Gasteiger partial charge >= 0.3 is 0 Å². The molecule has 0 bridgehead atoms. The van der Waals surface area contributed by atoms with E-state index >= 15 is 0 Å². The van der Waals surface area contributed by atoms with Crippen LogP contribution in [0.1, 0.15) is 25.8 Å². The van der Waals surface area contributed by atoms with E-state index in [1.807, 2.05) is 18.5 Å². The van der Waals surface area contributed by atoms with Gasteiger partial charge in [-0.2, -0.15) is 0 Å². The van der Waals surface area contributed by atoms with Crippen LogP contribution in [0.3, 0.4) is 0 Å². The minimum absolute atomic E-state index is 0.223. The van der Waals surface area contributed by atoms with Gasteiger partial charge in [-0.25, -0.2) is 0 Å². The molecule has 16 heavy (non-hydrogen) atoms. The lowest BCUT2D eigenvalue weighted by molar-refractivity contribution is 0.0898. The van der Waals surface area contributed by atoms with Crippen LogP contribution in [0.25, 0.3) is 0 Å². The maximum absolute atomic E-state index is 6.13. The maximum Gasteiger partial charge on any atom is 0.0312 e. The predicted molar refractivity (Wildman–Crippen MR) is 65.9 cm³/mol. The zero-order chi connectivity index (χ0) is 11.6. The second-order valence-electron chi connectivity index (χ2n) is 5.46. The Balaban J connectivity index is 1.97. The zero-order valence-corrected chi connectivity index (χ0v) is 10.2. The number of hydrogen-bond donors (Lipinski definition) is 1. The molecule has 1 aliphatic rings. The van der Waals surface area contributed by atoms with Crippen molar-refractivity contribution in [2.45, 2.75) is 32.9 Å². The summed E-state index contributed by atoms with van der Waals surface area (Å²) in [6.07, 6.45) is 4.86.